The van der Waals surface area contributed by atoms with E-state index in [0.29, 0.717) is 23.7 Å². The maximum absolute atomic E-state index is 12.8. The molecule has 0 unspecified atom stereocenters. The lowest BCUT2D eigenvalue weighted by Gasteiger charge is -2.41. The van der Waals surface area contributed by atoms with E-state index >= 15 is 0 Å². The van der Waals surface area contributed by atoms with Crippen LogP contribution in [0.5, 0.6) is 0 Å². The summed E-state index contributed by atoms with van der Waals surface area (Å²) in [7, 11) is 0. The van der Waals surface area contributed by atoms with Crippen LogP contribution in [0.25, 0.3) is 0 Å². The first-order chi connectivity index (χ1) is 11.5. The molecule has 0 aromatic heterocycles. The van der Waals surface area contributed by atoms with Crippen molar-refractivity contribution >= 4 is 11.6 Å². The molecule has 0 radical (unpaired) electrons. The number of non-ortho nitro benzene ring substituents is 1. The van der Waals surface area contributed by atoms with Crippen molar-refractivity contribution in [2.75, 3.05) is 13.1 Å². The Labute approximate surface area is 142 Å². The van der Waals surface area contributed by atoms with Crippen LogP contribution >= 0.6 is 0 Å². The van der Waals surface area contributed by atoms with Crippen LogP contribution in [0.1, 0.15) is 49.9 Å². The first kappa shape index (κ1) is 16.9. The molecule has 2 aliphatic heterocycles. The van der Waals surface area contributed by atoms with Crippen LogP contribution in [-0.2, 0) is 0 Å². The fraction of sp³-hybridized carbons (Fsp3) is 0.611. The second kappa shape index (κ2) is 6.89. The molecule has 0 N–H and O–H groups in total. The molecule has 24 heavy (non-hydrogen) atoms. The molecule has 2 fully saturated rings. The Bertz CT molecular complexity index is 624. The van der Waals surface area contributed by atoms with E-state index in [1.165, 1.54) is 25.0 Å². The molecule has 0 aliphatic carbocycles. The van der Waals surface area contributed by atoms with Crippen molar-refractivity contribution in [3.63, 3.8) is 0 Å². The van der Waals surface area contributed by atoms with E-state index in [0.717, 1.165) is 25.9 Å². The molecule has 0 spiro atoms. The van der Waals surface area contributed by atoms with E-state index in [2.05, 4.69) is 18.7 Å². The second-order valence-corrected chi connectivity index (χ2v) is 7.08. The summed E-state index contributed by atoms with van der Waals surface area (Å²) in [6.07, 6.45) is 4.54. The van der Waals surface area contributed by atoms with Crippen molar-refractivity contribution in [1.29, 1.82) is 0 Å². The van der Waals surface area contributed by atoms with Gasteiger partial charge in [0.15, 0.2) is 0 Å². The predicted molar refractivity (Wildman–Crippen MR) is 92.0 cm³/mol. The molecule has 1 amide bonds. The number of hydrogen-bond acceptors (Lipinski definition) is 4. The van der Waals surface area contributed by atoms with Gasteiger partial charge in [0.25, 0.3) is 11.6 Å². The average Bonchev–Trinajstić information content (AvgIpc) is 2.93. The lowest BCUT2D eigenvalue weighted by Crippen LogP contribution is -2.52. The normalized spacial score (nSPS) is 28.1. The number of benzene rings is 1. The SMILES string of the molecule is C[C@@H]1CC[C@@H](C)N1[C@@H]1CCCN(C(=O)c2cccc([N+](=O)[O-])c2)C1. The topological polar surface area (TPSA) is 66.7 Å². The van der Waals surface area contributed by atoms with E-state index < -0.39 is 4.92 Å². The first-order valence-corrected chi connectivity index (χ1v) is 8.78. The zero-order valence-electron chi connectivity index (χ0n) is 14.4. The lowest BCUT2D eigenvalue weighted by molar-refractivity contribution is -0.384. The second-order valence-electron chi connectivity index (χ2n) is 7.08. The number of nitro benzene ring substituents is 1. The Kier molecular flexibility index (Phi) is 4.85. The third-order valence-corrected chi connectivity index (χ3v) is 5.43. The molecular weight excluding hydrogens is 306 g/mol. The quantitative estimate of drug-likeness (QED) is 0.630. The Morgan fingerprint density at radius 2 is 1.92 bits per heavy atom. The fourth-order valence-corrected chi connectivity index (χ4v) is 4.25. The minimum atomic E-state index is -0.455. The molecule has 6 heteroatoms. The summed E-state index contributed by atoms with van der Waals surface area (Å²) in [6, 6.07) is 7.58. The number of hydrogen-bond donors (Lipinski definition) is 0. The van der Waals surface area contributed by atoms with Crippen LogP contribution in [-0.4, -0.2) is 51.8 Å². The molecule has 1 aromatic carbocycles. The highest BCUT2D eigenvalue weighted by Crippen LogP contribution is 2.30. The number of rotatable bonds is 3. The number of nitro groups is 1. The van der Waals surface area contributed by atoms with Gasteiger partial charge in [0.2, 0.25) is 0 Å². The smallest absolute Gasteiger partial charge is 0.270 e. The minimum absolute atomic E-state index is 0.0313. The number of carbonyl (C=O) groups excluding carboxylic acids is 1. The monoisotopic (exact) mass is 331 g/mol. The fourth-order valence-electron chi connectivity index (χ4n) is 4.25. The molecule has 3 rings (SSSR count). The summed E-state index contributed by atoms with van der Waals surface area (Å²) in [4.78, 5) is 27.7. The Morgan fingerprint density at radius 1 is 1.21 bits per heavy atom. The van der Waals surface area contributed by atoms with Gasteiger partial charge in [-0.15, -0.1) is 0 Å². The molecule has 2 heterocycles. The number of amides is 1. The van der Waals surface area contributed by atoms with Crippen molar-refractivity contribution in [3.8, 4) is 0 Å². The average molecular weight is 331 g/mol. The third kappa shape index (κ3) is 3.29. The molecule has 0 saturated carbocycles. The maximum atomic E-state index is 12.8. The van der Waals surface area contributed by atoms with Crippen molar-refractivity contribution in [1.82, 2.24) is 9.80 Å². The predicted octanol–water partition coefficient (Wildman–Crippen LogP) is 3.07. The van der Waals surface area contributed by atoms with E-state index in [1.807, 2.05) is 4.90 Å². The molecule has 2 aliphatic rings. The van der Waals surface area contributed by atoms with Crippen LogP contribution in [0.4, 0.5) is 5.69 Å². The van der Waals surface area contributed by atoms with Crippen molar-refractivity contribution < 1.29 is 9.72 Å². The Morgan fingerprint density at radius 3 is 2.58 bits per heavy atom. The Hall–Kier alpha value is -1.95. The van der Waals surface area contributed by atoms with Gasteiger partial charge < -0.3 is 4.90 Å². The summed E-state index contributed by atoms with van der Waals surface area (Å²) in [5.74, 6) is -0.0945. The van der Waals surface area contributed by atoms with Gasteiger partial charge in [-0.1, -0.05) is 6.07 Å². The Balaban J connectivity index is 1.73. The molecular formula is C18H25N3O3. The van der Waals surface area contributed by atoms with Gasteiger partial charge in [0.05, 0.1) is 4.92 Å². The lowest BCUT2D eigenvalue weighted by atomic mass is 10.0. The summed E-state index contributed by atoms with van der Waals surface area (Å²) in [5, 5.41) is 10.9. The summed E-state index contributed by atoms with van der Waals surface area (Å²) < 4.78 is 0. The van der Waals surface area contributed by atoms with Crippen LogP contribution in [0.15, 0.2) is 24.3 Å². The summed E-state index contributed by atoms with van der Waals surface area (Å²) in [6.45, 7) is 5.99. The molecule has 2 saturated heterocycles. The van der Waals surface area contributed by atoms with Gasteiger partial charge >= 0.3 is 0 Å². The summed E-state index contributed by atoms with van der Waals surface area (Å²) in [5.41, 5.74) is 0.378. The van der Waals surface area contributed by atoms with E-state index in [-0.39, 0.29) is 11.6 Å². The van der Waals surface area contributed by atoms with Crippen molar-refractivity contribution in [2.24, 2.45) is 0 Å². The molecule has 130 valence electrons. The van der Waals surface area contributed by atoms with Gasteiger partial charge in [-0.3, -0.25) is 19.8 Å². The van der Waals surface area contributed by atoms with Gasteiger partial charge in [-0.25, -0.2) is 0 Å². The van der Waals surface area contributed by atoms with E-state index in [9.17, 15) is 14.9 Å². The van der Waals surface area contributed by atoms with Crippen molar-refractivity contribution in [3.05, 3.63) is 39.9 Å². The highest BCUT2D eigenvalue weighted by Gasteiger charge is 2.36. The van der Waals surface area contributed by atoms with E-state index in [1.54, 1.807) is 12.1 Å². The van der Waals surface area contributed by atoms with Crippen molar-refractivity contribution in [2.45, 2.75) is 57.7 Å². The molecule has 6 nitrogen and oxygen atoms in total. The van der Waals surface area contributed by atoms with Gasteiger partial charge in [0, 0.05) is 48.9 Å². The zero-order chi connectivity index (χ0) is 17.3. The largest absolute Gasteiger partial charge is 0.337 e. The highest BCUT2D eigenvalue weighted by molar-refractivity contribution is 5.94. The van der Waals surface area contributed by atoms with Gasteiger partial charge in [-0.2, -0.15) is 0 Å². The number of piperidine rings is 1. The third-order valence-electron chi connectivity index (χ3n) is 5.43. The van der Waals surface area contributed by atoms with Crippen LogP contribution in [0.3, 0.4) is 0 Å². The maximum Gasteiger partial charge on any atom is 0.270 e. The van der Waals surface area contributed by atoms with Crippen LogP contribution in [0, 0.1) is 10.1 Å². The van der Waals surface area contributed by atoms with Gasteiger partial charge in [-0.05, 0) is 45.6 Å². The van der Waals surface area contributed by atoms with Crippen LogP contribution < -0.4 is 0 Å². The van der Waals surface area contributed by atoms with Crippen LogP contribution in [0.2, 0.25) is 0 Å². The van der Waals surface area contributed by atoms with E-state index in [4.69, 9.17) is 0 Å². The zero-order valence-corrected chi connectivity index (χ0v) is 14.4. The molecule has 1 aromatic rings. The first-order valence-electron chi connectivity index (χ1n) is 8.78. The number of likely N-dealkylation sites (tertiary alicyclic amines) is 2. The van der Waals surface area contributed by atoms with Gasteiger partial charge in [0.1, 0.15) is 0 Å². The highest BCUT2D eigenvalue weighted by atomic mass is 16.6. The standard InChI is InChI=1S/C18H25N3O3/c1-13-8-9-14(2)20(13)17-7-4-10-19(12-17)18(22)15-5-3-6-16(11-15)21(23)24/h3,5-6,11,13-14,17H,4,7-10,12H2,1-2H3/t13-,14-,17-/m1/s1. The number of carbonyl (C=O) groups is 1. The molecule has 0 bridgehead atoms. The molecule has 3 atom stereocenters. The number of nitrogens with zero attached hydrogens (tertiary/aromatic N) is 3. The summed E-state index contributed by atoms with van der Waals surface area (Å²) >= 11 is 0. The minimum Gasteiger partial charge on any atom is -0.337 e.